The Hall–Kier alpha value is -0.120. The summed E-state index contributed by atoms with van der Waals surface area (Å²) in [5.74, 6) is -0.236. The molecule has 3 heteroatoms. The smallest absolute Gasteiger partial charge is 0.168 e. The first-order chi connectivity index (χ1) is 11.4. The highest BCUT2D eigenvalue weighted by Gasteiger charge is 2.41. The fraction of sp³-hybridized carbons (Fsp3) is 1.00. The van der Waals surface area contributed by atoms with E-state index in [1.54, 1.807) is 0 Å². The van der Waals surface area contributed by atoms with E-state index in [1.807, 2.05) is 0 Å². The summed E-state index contributed by atoms with van der Waals surface area (Å²) in [5, 5.41) is 0. The molecule has 0 aromatic heterocycles. The molecule has 1 unspecified atom stereocenters. The van der Waals surface area contributed by atoms with Crippen LogP contribution in [0.1, 0.15) is 89.9 Å². The van der Waals surface area contributed by atoms with Crippen LogP contribution in [0.3, 0.4) is 0 Å². The van der Waals surface area contributed by atoms with Crippen molar-refractivity contribution in [3.8, 4) is 0 Å². The third-order valence-electron chi connectivity index (χ3n) is 5.94. The van der Waals surface area contributed by atoms with Crippen LogP contribution in [-0.4, -0.2) is 43.0 Å². The minimum atomic E-state index is -0.236. The quantitative estimate of drug-likeness (QED) is 0.722. The number of rotatable bonds is 2. The van der Waals surface area contributed by atoms with E-state index >= 15 is 0 Å². The van der Waals surface area contributed by atoms with Crippen LogP contribution < -0.4 is 0 Å². The molecule has 1 aliphatic carbocycles. The Balaban J connectivity index is 1.48. The third-order valence-corrected chi connectivity index (χ3v) is 5.94. The van der Waals surface area contributed by atoms with Gasteiger partial charge in [0.05, 0.1) is 12.7 Å². The topological polar surface area (TPSA) is 21.7 Å². The molecule has 3 fully saturated rings. The van der Waals surface area contributed by atoms with Gasteiger partial charge < -0.3 is 14.4 Å². The van der Waals surface area contributed by atoms with E-state index in [2.05, 4.69) is 4.90 Å². The van der Waals surface area contributed by atoms with E-state index in [9.17, 15) is 0 Å². The van der Waals surface area contributed by atoms with Crippen LogP contribution >= 0.6 is 0 Å². The SMILES string of the molecule is C1CCCCCC2(CCCCC1)OCC(CN1CCCCC1)O2. The van der Waals surface area contributed by atoms with Crippen molar-refractivity contribution in [2.24, 2.45) is 0 Å². The average molecular weight is 324 g/mol. The molecule has 0 aromatic carbocycles. The van der Waals surface area contributed by atoms with E-state index < -0.39 is 0 Å². The second-order valence-corrected chi connectivity index (χ2v) is 8.00. The Bertz CT molecular complexity index is 316. The van der Waals surface area contributed by atoms with Crippen LogP contribution in [-0.2, 0) is 9.47 Å². The zero-order chi connectivity index (χ0) is 15.8. The normalized spacial score (nSPS) is 31.6. The molecular weight excluding hydrogens is 286 g/mol. The minimum absolute atomic E-state index is 0.236. The molecular formula is C20H37NO2. The summed E-state index contributed by atoms with van der Waals surface area (Å²) < 4.78 is 12.8. The van der Waals surface area contributed by atoms with Gasteiger partial charge in [0.2, 0.25) is 0 Å². The molecule has 1 atom stereocenters. The van der Waals surface area contributed by atoms with Crippen molar-refractivity contribution < 1.29 is 9.47 Å². The number of nitrogens with zero attached hydrogens (tertiary/aromatic N) is 1. The fourth-order valence-electron chi connectivity index (χ4n) is 4.55. The van der Waals surface area contributed by atoms with Gasteiger partial charge in [-0.25, -0.2) is 0 Å². The van der Waals surface area contributed by atoms with Gasteiger partial charge in [-0.05, 0) is 38.8 Å². The maximum atomic E-state index is 6.53. The van der Waals surface area contributed by atoms with E-state index in [0.717, 1.165) is 26.0 Å². The van der Waals surface area contributed by atoms with Crippen molar-refractivity contribution in [1.29, 1.82) is 0 Å². The molecule has 134 valence electrons. The Morgan fingerprint density at radius 1 is 0.696 bits per heavy atom. The van der Waals surface area contributed by atoms with Crippen molar-refractivity contribution >= 4 is 0 Å². The van der Waals surface area contributed by atoms with Gasteiger partial charge in [0.1, 0.15) is 0 Å². The predicted octanol–water partition coefficient (Wildman–Crippen LogP) is 4.89. The zero-order valence-corrected chi connectivity index (χ0v) is 15.1. The number of hydrogen-bond donors (Lipinski definition) is 0. The predicted molar refractivity (Wildman–Crippen MR) is 94.6 cm³/mol. The van der Waals surface area contributed by atoms with Gasteiger partial charge in [-0.1, -0.05) is 51.4 Å². The highest BCUT2D eigenvalue weighted by molar-refractivity contribution is 4.82. The second-order valence-electron chi connectivity index (χ2n) is 8.00. The van der Waals surface area contributed by atoms with Crippen LogP contribution in [0.4, 0.5) is 0 Å². The lowest BCUT2D eigenvalue weighted by Gasteiger charge is -2.31. The maximum absolute atomic E-state index is 6.53. The summed E-state index contributed by atoms with van der Waals surface area (Å²) in [6.07, 6.45) is 19.0. The zero-order valence-electron chi connectivity index (χ0n) is 15.1. The van der Waals surface area contributed by atoms with Crippen molar-refractivity contribution in [1.82, 2.24) is 4.90 Å². The molecule has 2 heterocycles. The van der Waals surface area contributed by atoms with E-state index in [0.29, 0.717) is 6.10 Å². The van der Waals surface area contributed by atoms with E-state index in [1.165, 1.54) is 90.1 Å². The molecule has 0 radical (unpaired) electrons. The molecule has 1 spiro atoms. The van der Waals surface area contributed by atoms with Crippen molar-refractivity contribution in [3.05, 3.63) is 0 Å². The lowest BCUT2D eigenvalue weighted by Crippen LogP contribution is -2.39. The van der Waals surface area contributed by atoms with Crippen LogP contribution in [0.5, 0.6) is 0 Å². The first-order valence-corrected chi connectivity index (χ1v) is 10.4. The summed E-state index contributed by atoms with van der Waals surface area (Å²) >= 11 is 0. The van der Waals surface area contributed by atoms with Gasteiger partial charge in [-0.3, -0.25) is 0 Å². The summed E-state index contributed by atoms with van der Waals surface area (Å²) in [4.78, 5) is 2.59. The molecule has 0 bridgehead atoms. The van der Waals surface area contributed by atoms with Gasteiger partial charge in [0.15, 0.2) is 5.79 Å². The molecule has 23 heavy (non-hydrogen) atoms. The Kier molecular flexibility index (Phi) is 7.22. The number of piperidine rings is 1. The van der Waals surface area contributed by atoms with E-state index in [4.69, 9.17) is 9.47 Å². The number of ether oxygens (including phenoxy) is 2. The lowest BCUT2D eigenvalue weighted by molar-refractivity contribution is -0.181. The second kappa shape index (κ2) is 9.39. The van der Waals surface area contributed by atoms with Gasteiger partial charge >= 0.3 is 0 Å². The molecule has 3 rings (SSSR count). The maximum Gasteiger partial charge on any atom is 0.168 e. The summed E-state index contributed by atoms with van der Waals surface area (Å²) in [7, 11) is 0. The summed E-state index contributed by atoms with van der Waals surface area (Å²) in [6, 6.07) is 0. The monoisotopic (exact) mass is 323 g/mol. The summed E-state index contributed by atoms with van der Waals surface area (Å²) in [5.41, 5.74) is 0. The Labute approximate surface area is 143 Å². The Morgan fingerprint density at radius 3 is 1.83 bits per heavy atom. The highest BCUT2D eigenvalue weighted by atomic mass is 16.7. The number of hydrogen-bond acceptors (Lipinski definition) is 3. The molecule has 2 saturated heterocycles. The molecule has 1 saturated carbocycles. The van der Waals surface area contributed by atoms with Crippen LogP contribution in [0, 0.1) is 0 Å². The van der Waals surface area contributed by atoms with Crippen molar-refractivity contribution in [2.75, 3.05) is 26.2 Å². The average Bonchev–Trinajstić information content (AvgIpc) is 2.95. The van der Waals surface area contributed by atoms with Gasteiger partial charge in [-0.2, -0.15) is 0 Å². The standard InChI is InChI=1S/C20H37NO2/c1-2-4-6-9-13-20(14-10-7-5-3-1)22-18-19(23-20)17-21-15-11-8-12-16-21/h19H,1-18H2. The first kappa shape index (κ1) is 17.7. The van der Waals surface area contributed by atoms with Crippen LogP contribution in [0.2, 0.25) is 0 Å². The molecule has 0 amide bonds. The summed E-state index contributed by atoms with van der Waals surface area (Å²) in [6.45, 7) is 4.41. The molecule has 3 aliphatic rings. The van der Waals surface area contributed by atoms with Gasteiger partial charge in [-0.15, -0.1) is 0 Å². The number of likely N-dealkylation sites (tertiary alicyclic amines) is 1. The van der Waals surface area contributed by atoms with E-state index in [-0.39, 0.29) is 5.79 Å². The first-order valence-electron chi connectivity index (χ1n) is 10.4. The van der Waals surface area contributed by atoms with Crippen molar-refractivity contribution in [3.63, 3.8) is 0 Å². The van der Waals surface area contributed by atoms with Gasteiger partial charge in [0.25, 0.3) is 0 Å². The fourth-order valence-corrected chi connectivity index (χ4v) is 4.55. The highest BCUT2D eigenvalue weighted by Crippen LogP contribution is 2.35. The molecule has 0 N–H and O–H groups in total. The third kappa shape index (κ3) is 5.72. The molecule has 3 nitrogen and oxygen atoms in total. The largest absolute Gasteiger partial charge is 0.347 e. The molecule has 0 aromatic rings. The van der Waals surface area contributed by atoms with Crippen LogP contribution in [0.15, 0.2) is 0 Å². The van der Waals surface area contributed by atoms with Gasteiger partial charge in [0, 0.05) is 19.4 Å². The Morgan fingerprint density at radius 2 is 1.22 bits per heavy atom. The lowest BCUT2D eigenvalue weighted by atomic mass is 9.97. The molecule has 2 aliphatic heterocycles. The van der Waals surface area contributed by atoms with Crippen molar-refractivity contribution in [2.45, 2.75) is 102 Å². The van der Waals surface area contributed by atoms with Crippen LogP contribution in [0.25, 0.3) is 0 Å². The minimum Gasteiger partial charge on any atom is -0.347 e.